The van der Waals surface area contributed by atoms with Gasteiger partial charge in [0.15, 0.2) is 6.29 Å². The third kappa shape index (κ3) is 4.22. The van der Waals surface area contributed by atoms with Crippen molar-refractivity contribution < 1.29 is 19.0 Å². The van der Waals surface area contributed by atoms with Crippen LogP contribution in [0, 0.1) is 6.92 Å². The number of carbonyl (C=O) groups is 1. The Hall–Kier alpha value is -2.08. The molecule has 2 unspecified atom stereocenters. The van der Waals surface area contributed by atoms with E-state index in [9.17, 15) is 4.79 Å². The molecule has 0 amide bonds. The Balaban J connectivity index is 2.02. The van der Waals surface area contributed by atoms with Gasteiger partial charge < -0.3 is 14.2 Å². The SMILES string of the molecule is CCOC1CC(N=[N+]=[N-])[C@@](C)(COC(=O)c2ccc(C)cc2)O1. The van der Waals surface area contributed by atoms with Crippen molar-refractivity contribution in [2.75, 3.05) is 13.2 Å². The van der Waals surface area contributed by atoms with E-state index in [4.69, 9.17) is 19.7 Å². The lowest BCUT2D eigenvalue weighted by Crippen LogP contribution is -2.40. The second-order valence-electron chi connectivity index (χ2n) is 5.71. The average molecular weight is 319 g/mol. The molecule has 0 radical (unpaired) electrons. The number of carbonyl (C=O) groups excluding carboxylic acids is 1. The molecule has 23 heavy (non-hydrogen) atoms. The molecule has 0 saturated carbocycles. The molecule has 0 bridgehead atoms. The van der Waals surface area contributed by atoms with E-state index in [1.807, 2.05) is 26.0 Å². The molecule has 0 N–H and O–H groups in total. The van der Waals surface area contributed by atoms with Crippen LogP contribution in [0.2, 0.25) is 0 Å². The van der Waals surface area contributed by atoms with E-state index in [0.717, 1.165) is 5.56 Å². The highest BCUT2D eigenvalue weighted by atomic mass is 16.7. The van der Waals surface area contributed by atoms with E-state index in [-0.39, 0.29) is 6.61 Å². The van der Waals surface area contributed by atoms with Crippen LogP contribution in [0.15, 0.2) is 29.4 Å². The Labute approximate surface area is 135 Å². The summed E-state index contributed by atoms with van der Waals surface area (Å²) in [5, 5.41) is 3.76. The Bertz CT molecular complexity index is 598. The Morgan fingerprint density at radius 2 is 2.17 bits per heavy atom. The van der Waals surface area contributed by atoms with Crippen LogP contribution in [0.3, 0.4) is 0 Å². The first kappa shape index (κ1) is 17.3. The molecular formula is C16H21N3O4. The number of hydrogen-bond donors (Lipinski definition) is 0. The Morgan fingerprint density at radius 1 is 1.48 bits per heavy atom. The minimum atomic E-state index is -0.896. The fraction of sp³-hybridized carbons (Fsp3) is 0.562. The van der Waals surface area contributed by atoms with Crippen LogP contribution in [-0.2, 0) is 14.2 Å². The van der Waals surface area contributed by atoms with Crippen LogP contribution < -0.4 is 0 Å². The van der Waals surface area contributed by atoms with E-state index in [2.05, 4.69) is 10.0 Å². The number of aryl methyl sites for hydroxylation is 1. The predicted octanol–water partition coefficient (Wildman–Crippen LogP) is 3.37. The zero-order chi connectivity index (χ0) is 16.9. The van der Waals surface area contributed by atoms with E-state index in [1.165, 1.54) is 0 Å². The largest absolute Gasteiger partial charge is 0.459 e. The maximum absolute atomic E-state index is 12.1. The van der Waals surface area contributed by atoms with Crippen molar-refractivity contribution in [2.45, 2.75) is 45.1 Å². The molecule has 7 nitrogen and oxygen atoms in total. The maximum atomic E-state index is 12.1. The molecule has 2 rings (SSSR count). The first-order valence-electron chi connectivity index (χ1n) is 7.56. The predicted molar refractivity (Wildman–Crippen MR) is 83.9 cm³/mol. The molecule has 124 valence electrons. The highest BCUT2D eigenvalue weighted by molar-refractivity contribution is 5.89. The first-order valence-corrected chi connectivity index (χ1v) is 7.56. The summed E-state index contributed by atoms with van der Waals surface area (Å²) in [6.07, 6.45) is -0.0187. The number of esters is 1. The fourth-order valence-corrected chi connectivity index (χ4v) is 2.49. The summed E-state index contributed by atoms with van der Waals surface area (Å²) in [6, 6.07) is 6.67. The van der Waals surface area contributed by atoms with Gasteiger partial charge in [-0.15, -0.1) is 0 Å². The number of hydrogen-bond acceptors (Lipinski definition) is 5. The van der Waals surface area contributed by atoms with Crippen molar-refractivity contribution >= 4 is 5.97 Å². The lowest BCUT2D eigenvalue weighted by atomic mass is 9.98. The quantitative estimate of drug-likeness (QED) is 0.348. The van der Waals surface area contributed by atoms with Crippen LogP contribution in [0.5, 0.6) is 0 Å². The summed E-state index contributed by atoms with van der Waals surface area (Å²) in [4.78, 5) is 15.0. The van der Waals surface area contributed by atoms with Crippen molar-refractivity contribution in [3.05, 3.63) is 45.8 Å². The molecule has 1 aromatic carbocycles. The number of rotatable bonds is 6. The minimum Gasteiger partial charge on any atom is -0.459 e. The summed E-state index contributed by atoms with van der Waals surface area (Å²) in [5.74, 6) is -0.436. The van der Waals surface area contributed by atoms with Crippen molar-refractivity contribution in [3.63, 3.8) is 0 Å². The van der Waals surface area contributed by atoms with Gasteiger partial charge in [-0.2, -0.15) is 0 Å². The first-order chi connectivity index (χ1) is 11.0. The van der Waals surface area contributed by atoms with Crippen LogP contribution in [0.4, 0.5) is 0 Å². The van der Waals surface area contributed by atoms with E-state index in [0.29, 0.717) is 18.6 Å². The van der Waals surface area contributed by atoms with Crippen molar-refractivity contribution in [1.29, 1.82) is 0 Å². The molecule has 7 heteroatoms. The second-order valence-corrected chi connectivity index (χ2v) is 5.71. The summed E-state index contributed by atoms with van der Waals surface area (Å²) in [5.41, 5.74) is 9.35. The zero-order valence-electron chi connectivity index (χ0n) is 13.6. The lowest BCUT2D eigenvalue weighted by Gasteiger charge is -2.27. The van der Waals surface area contributed by atoms with Gasteiger partial charge in [-0.05, 0) is 38.4 Å². The van der Waals surface area contributed by atoms with Gasteiger partial charge in [0.25, 0.3) is 0 Å². The summed E-state index contributed by atoms with van der Waals surface area (Å²) < 4.78 is 16.6. The fourth-order valence-electron chi connectivity index (χ4n) is 2.49. The molecule has 0 spiro atoms. The second kappa shape index (κ2) is 7.46. The Morgan fingerprint density at radius 3 is 2.78 bits per heavy atom. The smallest absolute Gasteiger partial charge is 0.338 e. The van der Waals surface area contributed by atoms with Crippen LogP contribution in [0.1, 0.15) is 36.2 Å². The molecule has 1 saturated heterocycles. The molecule has 1 heterocycles. The normalized spacial score (nSPS) is 26.6. The third-order valence-corrected chi connectivity index (χ3v) is 3.84. The maximum Gasteiger partial charge on any atom is 0.338 e. The summed E-state index contributed by atoms with van der Waals surface area (Å²) in [6.45, 7) is 6.05. The molecule has 1 aliphatic rings. The van der Waals surface area contributed by atoms with Gasteiger partial charge in [-0.1, -0.05) is 22.8 Å². The van der Waals surface area contributed by atoms with Gasteiger partial charge in [0, 0.05) is 17.9 Å². The molecular weight excluding hydrogens is 298 g/mol. The van der Waals surface area contributed by atoms with Crippen LogP contribution in [-0.4, -0.2) is 37.1 Å². The van der Waals surface area contributed by atoms with Gasteiger partial charge in [0.1, 0.15) is 12.2 Å². The van der Waals surface area contributed by atoms with Gasteiger partial charge in [-0.25, -0.2) is 4.79 Å². The van der Waals surface area contributed by atoms with Crippen molar-refractivity contribution in [3.8, 4) is 0 Å². The van der Waals surface area contributed by atoms with Crippen LogP contribution >= 0.6 is 0 Å². The highest BCUT2D eigenvalue weighted by Gasteiger charge is 2.46. The lowest BCUT2D eigenvalue weighted by molar-refractivity contribution is -0.172. The Kier molecular flexibility index (Phi) is 5.60. The van der Waals surface area contributed by atoms with Crippen LogP contribution in [0.25, 0.3) is 10.4 Å². The van der Waals surface area contributed by atoms with Gasteiger partial charge in [-0.3, -0.25) is 0 Å². The van der Waals surface area contributed by atoms with Crippen molar-refractivity contribution in [1.82, 2.24) is 0 Å². The van der Waals surface area contributed by atoms with Gasteiger partial charge in [0.05, 0.1) is 11.6 Å². The topological polar surface area (TPSA) is 93.5 Å². The number of benzene rings is 1. The van der Waals surface area contributed by atoms with Crippen molar-refractivity contribution in [2.24, 2.45) is 5.11 Å². The number of nitrogens with zero attached hydrogens (tertiary/aromatic N) is 3. The van der Waals surface area contributed by atoms with Gasteiger partial charge in [0.2, 0.25) is 0 Å². The summed E-state index contributed by atoms with van der Waals surface area (Å²) in [7, 11) is 0. The van der Waals surface area contributed by atoms with Gasteiger partial charge >= 0.3 is 5.97 Å². The molecule has 1 aliphatic heterocycles. The highest BCUT2D eigenvalue weighted by Crippen LogP contribution is 2.34. The molecule has 1 fully saturated rings. The monoisotopic (exact) mass is 319 g/mol. The van der Waals surface area contributed by atoms with E-state index < -0.39 is 23.9 Å². The zero-order valence-corrected chi connectivity index (χ0v) is 13.6. The summed E-state index contributed by atoms with van der Waals surface area (Å²) >= 11 is 0. The molecule has 0 aromatic heterocycles. The third-order valence-electron chi connectivity index (χ3n) is 3.84. The standard InChI is InChI=1S/C16H21N3O4/c1-4-21-14-9-13(18-19-17)16(3,23-14)10-22-15(20)12-7-5-11(2)6-8-12/h5-8,13-14H,4,9-10H2,1-3H3/t13?,14?,16-/m1/s1. The van der Waals surface area contributed by atoms with E-state index >= 15 is 0 Å². The average Bonchev–Trinajstić information content (AvgIpc) is 2.83. The molecule has 3 atom stereocenters. The molecule has 0 aliphatic carbocycles. The number of azide groups is 1. The minimum absolute atomic E-state index is 0.00697. The molecule has 1 aromatic rings. The van der Waals surface area contributed by atoms with E-state index in [1.54, 1.807) is 19.1 Å². The number of ether oxygens (including phenoxy) is 3.